The lowest BCUT2D eigenvalue weighted by molar-refractivity contribution is 1.33. The molecule has 0 spiro atoms. The topological polar surface area (TPSA) is 12.9 Å². The molecular formula is C47H31N. The first-order valence-electron chi connectivity index (χ1n) is 16.5. The summed E-state index contributed by atoms with van der Waals surface area (Å²) in [5.41, 5.74) is 11.8. The van der Waals surface area contributed by atoms with Crippen LogP contribution in [-0.4, -0.2) is 4.98 Å². The third-order valence-corrected chi connectivity index (χ3v) is 9.53. The second-order valence-electron chi connectivity index (χ2n) is 12.3. The van der Waals surface area contributed by atoms with Gasteiger partial charge in [-0.05, 0) is 101 Å². The largest absolute Gasteiger partial charge is 0.256 e. The van der Waals surface area contributed by atoms with Crippen molar-refractivity contribution in [1.82, 2.24) is 4.98 Å². The molecule has 0 aliphatic rings. The Labute approximate surface area is 280 Å². The van der Waals surface area contributed by atoms with Crippen molar-refractivity contribution in [2.24, 2.45) is 0 Å². The van der Waals surface area contributed by atoms with Gasteiger partial charge < -0.3 is 0 Å². The summed E-state index contributed by atoms with van der Waals surface area (Å²) in [6.07, 6.45) is 1.85. The van der Waals surface area contributed by atoms with E-state index in [1.165, 1.54) is 76.8 Å². The first-order valence-corrected chi connectivity index (χ1v) is 16.5. The number of hydrogen-bond donors (Lipinski definition) is 0. The van der Waals surface area contributed by atoms with E-state index in [-0.39, 0.29) is 0 Å². The van der Waals surface area contributed by atoms with Gasteiger partial charge >= 0.3 is 0 Å². The van der Waals surface area contributed by atoms with E-state index >= 15 is 0 Å². The Balaban J connectivity index is 1.29. The van der Waals surface area contributed by atoms with Gasteiger partial charge in [0, 0.05) is 11.8 Å². The minimum atomic E-state index is 0.978. The fraction of sp³-hybridized carbons (Fsp3) is 0. The Hall–Kier alpha value is -6.31. The zero-order valence-corrected chi connectivity index (χ0v) is 26.3. The van der Waals surface area contributed by atoms with Crippen molar-refractivity contribution in [3.63, 3.8) is 0 Å². The number of rotatable bonds is 5. The lowest BCUT2D eigenvalue weighted by Gasteiger charge is -2.18. The van der Waals surface area contributed by atoms with Crippen LogP contribution < -0.4 is 0 Å². The first kappa shape index (κ1) is 28.0. The molecule has 1 heteroatoms. The third kappa shape index (κ3) is 4.85. The molecule has 9 aromatic rings. The molecule has 0 radical (unpaired) electrons. The Morgan fingerprint density at radius 2 is 0.771 bits per heavy atom. The summed E-state index contributed by atoms with van der Waals surface area (Å²) in [7, 11) is 0. The van der Waals surface area contributed by atoms with E-state index in [1.807, 2.05) is 18.3 Å². The zero-order valence-electron chi connectivity index (χ0n) is 26.3. The minimum Gasteiger partial charge on any atom is -0.256 e. The summed E-state index contributed by atoms with van der Waals surface area (Å²) < 4.78 is 0. The number of nitrogens with zero attached hydrogens (tertiary/aromatic N) is 1. The Bertz CT molecular complexity index is 2520. The van der Waals surface area contributed by atoms with Crippen molar-refractivity contribution in [2.45, 2.75) is 0 Å². The van der Waals surface area contributed by atoms with Gasteiger partial charge in [0.25, 0.3) is 0 Å². The van der Waals surface area contributed by atoms with Gasteiger partial charge in [-0.3, -0.25) is 4.98 Å². The summed E-state index contributed by atoms with van der Waals surface area (Å²) in [4.78, 5) is 4.59. The molecular weight excluding hydrogens is 579 g/mol. The van der Waals surface area contributed by atoms with Crippen molar-refractivity contribution in [3.8, 4) is 55.8 Å². The van der Waals surface area contributed by atoms with Crippen LogP contribution in [0.4, 0.5) is 0 Å². The summed E-state index contributed by atoms with van der Waals surface area (Å²) in [6, 6.07) is 65.9. The lowest BCUT2D eigenvalue weighted by atomic mass is 9.85. The van der Waals surface area contributed by atoms with Crippen molar-refractivity contribution in [3.05, 3.63) is 188 Å². The van der Waals surface area contributed by atoms with Crippen LogP contribution in [0.1, 0.15) is 0 Å². The molecule has 0 aliphatic heterocycles. The predicted octanol–water partition coefficient (Wildman–Crippen LogP) is 12.9. The summed E-state index contributed by atoms with van der Waals surface area (Å²) in [5.74, 6) is 0. The highest BCUT2D eigenvalue weighted by atomic mass is 14.7. The van der Waals surface area contributed by atoms with Gasteiger partial charge in [0.2, 0.25) is 0 Å². The molecule has 0 unspecified atom stereocenters. The highest BCUT2D eigenvalue weighted by Gasteiger charge is 2.17. The van der Waals surface area contributed by atoms with Gasteiger partial charge in [0.05, 0.1) is 5.69 Å². The van der Waals surface area contributed by atoms with Crippen LogP contribution in [0, 0.1) is 0 Å². The predicted molar refractivity (Wildman–Crippen MR) is 204 cm³/mol. The summed E-state index contributed by atoms with van der Waals surface area (Å²) in [5, 5.41) is 7.52. The van der Waals surface area contributed by atoms with Crippen molar-refractivity contribution in [1.29, 1.82) is 0 Å². The van der Waals surface area contributed by atoms with Crippen molar-refractivity contribution >= 4 is 32.3 Å². The maximum atomic E-state index is 4.59. The van der Waals surface area contributed by atoms with Gasteiger partial charge in [0.1, 0.15) is 0 Å². The van der Waals surface area contributed by atoms with E-state index < -0.39 is 0 Å². The number of pyridine rings is 1. The smallest absolute Gasteiger partial charge is 0.0702 e. The fourth-order valence-electron chi connectivity index (χ4n) is 7.29. The van der Waals surface area contributed by atoms with Gasteiger partial charge in [-0.15, -0.1) is 0 Å². The van der Waals surface area contributed by atoms with E-state index in [4.69, 9.17) is 0 Å². The number of benzene rings is 8. The molecule has 1 heterocycles. The molecule has 0 saturated carbocycles. The minimum absolute atomic E-state index is 0.978. The van der Waals surface area contributed by atoms with Crippen LogP contribution in [0.3, 0.4) is 0 Å². The molecule has 0 amide bonds. The van der Waals surface area contributed by atoms with Crippen LogP contribution in [0.5, 0.6) is 0 Å². The highest BCUT2D eigenvalue weighted by molar-refractivity contribution is 6.17. The first-order chi connectivity index (χ1) is 23.8. The average molecular weight is 610 g/mol. The lowest BCUT2D eigenvalue weighted by Crippen LogP contribution is -1.92. The number of hydrogen-bond acceptors (Lipinski definition) is 1. The molecule has 0 atom stereocenters. The maximum absolute atomic E-state index is 4.59. The van der Waals surface area contributed by atoms with Crippen LogP contribution in [0.25, 0.3) is 88.1 Å². The van der Waals surface area contributed by atoms with Gasteiger partial charge in [-0.2, -0.15) is 0 Å². The summed E-state index contributed by atoms with van der Waals surface area (Å²) >= 11 is 0. The van der Waals surface area contributed by atoms with Crippen molar-refractivity contribution < 1.29 is 0 Å². The molecule has 1 aromatic heterocycles. The summed E-state index contributed by atoms with van der Waals surface area (Å²) in [6.45, 7) is 0. The van der Waals surface area contributed by atoms with Crippen molar-refractivity contribution in [2.75, 3.05) is 0 Å². The normalized spacial score (nSPS) is 11.3. The van der Waals surface area contributed by atoms with Gasteiger partial charge in [0.15, 0.2) is 0 Å². The Morgan fingerprint density at radius 1 is 0.292 bits per heavy atom. The van der Waals surface area contributed by atoms with E-state index in [9.17, 15) is 0 Å². The van der Waals surface area contributed by atoms with Gasteiger partial charge in [-0.25, -0.2) is 0 Å². The Morgan fingerprint density at radius 3 is 1.46 bits per heavy atom. The average Bonchev–Trinajstić information content (AvgIpc) is 3.17. The second-order valence-corrected chi connectivity index (χ2v) is 12.3. The van der Waals surface area contributed by atoms with Crippen LogP contribution in [-0.2, 0) is 0 Å². The second kappa shape index (κ2) is 11.8. The van der Waals surface area contributed by atoms with Crippen LogP contribution in [0.15, 0.2) is 188 Å². The number of aromatic nitrogens is 1. The highest BCUT2D eigenvalue weighted by Crippen LogP contribution is 2.44. The van der Waals surface area contributed by atoms with E-state index in [1.54, 1.807) is 0 Å². The molecule has 9 rings (SSSR count). The Kier molecular flexibility index (Phi) is 6.87. The van der Waals surface area contributed by atoms with E-state index in [0.29, 0.717) is 0 Å². The third-order valence-electron chi connectivity index (χ3n) is 9.53. The quantitative estimate of drug-likeness (QED) is 0.189. The van der Waals surface area contributed by atoms with Crippen LogP contribution in [0.2, 0.25) is 0 Å². The standard InChI is InChI=1S/C47H31N/c1-3-20-38-32(12-1)14-9-22-41(38)44-25-11-24-43-40(27-28-45(47(43)44)42-23-10-15-33-13-2-4-21-39(33)42)36-18-7-16-34(30-36)35-17-8-19-37(31-35)46-26-5-6-29-48-46/h1-31H. The molecule has 0 N–H and O–H groups in total. The molecule has 0 bridgehead atoms. The van der Waals surface area contributed by atoms with Gasteiger partial charge in [-0.1, -0.05) is 158 Å². The molecule has 0 fully saturated rings. The maximum Gasteiger partial charge on any atom is 0.0702 e. The molecule has 48 heavy (non-hydrogen) atoms. The molecule has 224 valence electrons. The monoisotopic (exact) mass is 609 g/mol. The molecule has 8 aromatic carbocycles. The van der Waals surface area contributed by atoms with Crippen LogP contribution >= 0.6 is 0 Å². The molecule has 0 saturated heterocycles. The SMILES string of the molecule is c1ccc(-c2cccc(-c3cccc(-c4ccc(-c5cccc6ccccc56)c5c(-c6cccc7ccccc67)cccc45)c3)c2)nc1. The van der Waals surface area contributed by atoms with E-state index in [0.717, 1.165) is 11.3 Å². The zero-order chi connectivity index (χ0) is 31.9. The number of fused-ring (bicyclic) bond motifs is 3. The molecule has 0 aliphatic carbocycles. The van der Waals surface area contributed by atoms with E-state index in [2.05, 4.69) is 175 Å². The molecule has 1 nitrogen and oxygen atoms in total. The fourth-order valence-corrected chi connectivity index (χ4v) is 7.29.